The first kappa shape index (κ1) is 47.4. The van der Waals surface area contributed by atoms with Crippen LogP contribution < -0.4 is 34.8 Å². The molecule has 22 heteroatoms. The Kier molecular flexibility index (Phi) is 16.5. The number of hydrogen-bond donors (Lipinski definition) is 5. The highest BCUT2D eigenvalue weighted by Crippen LogP contribution is 2.42. The molecule has 0 saturated heterocycles. The first-order chi connectivity index (χ1) is 30.3. The normalized spacial score (nSPS) is 11.6. The van der Waals surface area contributed by atoms with Gasteiger partial charge in [0.2, 0.25) is 17.8 Å². The first-order valence-corrected chi connectivity index (χ1v) is 21.3. The van der Waals surface area contributed by atoms with Crippen molar-refractivity contribution in [3.8, 4) is 11.5 Å². The van der Waals surface area contributed by atoms with Crippen molar-refractivity contribution >= 4 is 73.5 Å². The molecule has 19 nitrogen and oxygen atoms in total. The zero-order valence-electron chi connectivity index (χ0n) is 35.6. The Bertz CT molecular complexity index is 2500. The summed E-state index contributed by atoms with van der Waals surface area (Å²) in [6.45, 7) is 9.92. The van der Waals surface area contributed by atoms with Crippen molar-refractivity contribution in [1.29, 1.82) is 0 Å². The summed E-state index contributed by atoms with van der Waals surface area (Å²) in [5.41, 5.74) is 2.84. The Morgan fingerprint density at radius 2 is 1.10 bits per heavy atom. The van der Waals surface area contributed by atoms with Gasteiger partial charge in [0.05, 0.1) is 61.6 Å². The molecule has 336 valence electrons. The van der Waals surface area contributed by atoms with E-state index in [4.69, 9.17) is 14.5 Å². The first-order valence-electron chi connectivity index (χ1n) is 19.9. The third-order valence-electron chi connectivity index (χ3n) is 9.51. The molecular formula is C41H50F2N12O7S. The summed E-state index contributed by atoms with van der Waals surface area (Å²) < 4.78 is 72.7. The fraction of sp³-hybridized carbons (Fsp3) is 0.341. The number of benzene rings is 4. The summed E-state index contributed by atoms with van der Waals surface area (Å²) in [4.78, 5) is 18.7. The van der Waals surface area contributed by atoms with Gasteiger partial charge in [-0.15, -0.1) is 10.2 Å². The number of anilines is 7. The molecule has 0 aliphatic rings. The van der Waals surface area contributed by atoms with E-state index in [1.54, 1.807) is 30.2 Å². The Hall–Kier alpha value is -6.62. The summed E-state index contributed by atoms with van der Waals surface area (Å²) >= 11 is 0. The van der Waals surface area contributed by atoms with Crippen LogP contribution in [0.3, 0.4) is 0 Å². The van der Waals surface area contributed by atoms with Gasteiger partial charge in [-0.25, -0.2) is 8.78 Å². The molecule has 5 aromatic rings. The van der Waals surface area contributed by atoms with Crippen LogP contribution in [0.4, 0.5) is 72.1 Å². The van der Waals surface area contributed by atoms with Crippen LogP contribution in [0.5, 0.6) is 11.5 Å². The fourth-order valence-electron chi connectivity index (χ4n) is 6.33. The molecule has 5 rings (SSSR count). The van der Waals surface area contributed by atoms with Crippen LogP contribution in [0, 0.1) is 11.6 Å². The average Bonchev–Trinajstić information content (AvgIpc) is 3.27. The van der Waals surface area contributed by atoms with Crippen LogP contribution in [-0.2, 0) is 10.1 Å². The Balaban J connectivity index is 1.70. The number of rotatable bonds is 22. The molecule has 0 atom stereocenters. The predicted molar refractivity (Wildman–Crippen MR) is 237 cm³/mol. The number of ether oxygens (including phenoxy) is 2. The minimum absolute atomic E-state index is 0.00184. The van der Waals surface area contributed by atoms with Crippen molar-refractivity contribution in [2.24, 2.45) is 20.5 Å². The summed E-state index contributed by atoms with van der Waals surface area (Å²) in [6.07, 6.45) is 0. The number of halogens is 2. The largest absolute Gasteiger partial charge is 0.494 e. The molecule has 4 aromatic carbocycles. The average molecular weight is 893 g/mol. The summed E-state index contributed by atoms with van der Waals surface area (Å²) in [5.74, 6) is -0.637. The summed E-state index contributed by atoms with van der Waals surface area (Å²) in [5, 5.41) is 43.7. The second kappa shape index (κ2) is 21.9. The monoisotopic (exact) mass is 892 g/mol. The molecule has 0 unspecified atom stereocenters. The highest BCUT2D eigenvalue weighted by molar-refractivity contribution is 7.85. The summed E-state index contributed by atoms with van der Waals surface area (Å²) in [7, 11) is -1.88. The molecule has 0 aliphatic carbocycles. The molecule has 1 heterocycles. The van der Waals surface area contributed by atoms with E-state index >= 15 is 0 Å². The molecule has 5 N–H and O–H groups in total. The highest BCUT2D eigenvalue weighted by Gasteiger charge is 2.22. The van der Waals surface area contributed by atoms with Crippen molar-refractivity contribution < 1.29 is 41.4 Å². The van der Waals surface area contributed by atoms with E-state index in [2.05, 4.69) is 46.0 Å². The molecule has 1 aromatic heterocycles. The van der Waals surface area contributed by atoms with Crippen LogP contribution >= 0.6 is 0 Å². The van der Waals surface area contributed by atoms with E-state index in [0.717, 1.165) is 17.8 Å². The summed E-state index contributed by atoms with van der Waals surface area (Å²) in [6, 6.07) is 15.2. The minimum Gasteiger partial charge on any atom is -0.494 e. The number of aromatic nitrogens is 3. The number of aliphatic hydroxyl groups is 2. The SMILES string of the molecule is CCN(CC)c1cc(Nc2nc(Nc3cc(N(CC)CC)c(OC)cc3/N=N/c3ccc(F)c(S(=O)(=O)O)c3)nc(N(CCO)CCO)n2)c(/N=N/c2ccc(F)cc2)cc1OC. The number of nitrogens with one attached hydrogen (secondary N) is 2. The van der Waals surface area contributed by atoms with Gasteiger partial charge < -0.3 is 45.0 Å². The standard InChI is InChI=1S/C41H50F2N12O7S/c1-7-53(8-2)34-22-30(32(24-36(34)61-5)51-49-27-13-11-26(42)12-14-27)44-39-46-40(48-41(47-39)55(17-19-56)18-20-57)45-31-23-35(54(9-3)10-4)37(62-6)25-33(31)52-50-28-15-16-29(43)38(21-28)63(58,59)60/h11-16,21-25,56-57H,7-10,17-20H2,1-6H3,(H,58,59,60)(H2,44,45,46,47,48)/b51-49+,52-50+. The van der Waals surface area contributed by atoms with E-state index in [1.165, 1.54) is 37.4 Å². The number of aliphatic hydroxyl groups excluding tert-OH is 2. The second-order valence-corrected chi connectivity index (χ2v) is 14.8. The van der Waals surface area contributed by atoms with E-state index in [0.29, 0.717) is 66.1 Å². The van der Waals surface area contributed by atoms with Gasteiger partial charge in [-0.2, -0.15) is 33.6 Å². The molecule has 0 radical (unpaired) electrons. The number of azo groups is 2. The van der Waals surface area contributed by atoms with Crippen LogP contribution in [-0.4, -0.2) is 105 Å². The van der Waals surface area contributed by atoms with Gasteiger partial charge in [0.1, 0.15) is 39.4 Å². The quantitative estimate of drug-likeness (QED) is 0.0325. The van der Waals surface area contributed by atoms with E-state index in [9.17, 15) is 32.0 Å². The molecule has 0 amide bonds. The van der Waals surface area contributed by atoms with Gasteiger partial charge in [-0.1, -0.05) is 0 Å². The molecule has 0 bridgehead atoms. The molecule has 0 fully saturated rings. The van der Waals surface area contributed by atoms with Crippen LogP contribution in [0.1, 0.15) is 27.7 Å². The zero-order valence-corrected chi connectivity index (χ0v) is 36.4. The lowest BCUT2D eigenvalue weighted by Crippen LogP contribution is -2.31. The van der Waals surface area contributed by atoms with E-state index < -0.39 is 26.6 Å². The van der Waals surface area contributed by atoms with Crippen molar-refractivity contribution in [2.75, 3.05) is 92.0 Å². The van der Waals surface area contributed by atoms with Gasteiger partial charge in [0.15, 0.2) is 0 Å². The maximum Gasteiger partial charge on any atom is 0.297 e. The van der Waals surface area contributed by atoms with Crippen molar-refractivity contribution in [1.82, 2.24) is 15.0 Å². The highest BCUT2D eigenvalue weighted by atomic mass is 32.2. The second-order valence-electron chi connectivity index (χ2n) is 13.4. The maximum absolute atomic E-state index is 14.3. The van der Waals surface area contributed by atoms with Crippen molar-refractivity contribution in [2.45, 2.75) is 32.6 Å². The molecule has 63 heavy (non-hydrogen) atoms. The van der Waals surface area contributed by atoms with Crippen molar-refractivity contribution in [3.63, 3.8) is 0 Å². The van der Waals surface area contributed by atoms with E-state index in [1.807, 2.05) is 38.7 Å². The molecule has 0 aliphatic heterocycles. The van der Waals surface area contributed by atoms with Gasteiger partial charge in [-0.05, 0) is 82.3 Å². The van der Waals surface area contributed by atoms with Gasteiger partial charge >= 0.3 is 0 Å². The van der Waals surface area contributed by atoms with Crippen LogP contribution in [0.15, 0.2) is 92.1 Å². The molecular weight excluding hydrogens is 843 g/mol. The number of methoxy groups -OCH3 is 2. The van der Waals surface area contributed by atoms with Gasteiger partial charge in [0, 0.05) is 51.4 Å². The maximum atomic E-state index is 14.3. The minimum atomic E-state index is -4.91. The van der Waals surface area contributed by atoms with Crippen molar-refractivity contribution in [3.05, 3.63) is 78.4 Å². The smallest absolute Gasteiger partial charge is 0.297 e. The Morgan fingerprint density at radius 3 is 1.52 bits per heavy atom. The lowest BCUT2D eigenvalue weighted by molar-refractivity contribution is 0.280. The van der Waals surface area contributed by atoms with Crippen LogP contribution in [0.25, 0.3) is 0 Å². The lowest BCUT2D eigenvalue weighted by Gasteiger charge is -2.25. The zero-order chi connectivity index (χ0) is 45.7. The van der Waals surface area contributed by atoms with Crippen LogP contribution in [0.2, 0.25) is 0 Å². The number of hydrogen-bond acceptors (Lipinski definition) is 18. The molecule has 0 spiro atoms. The predicted octanol–water partition coefficient (Wildman–Crippen LogP) is 8.22. The third-order valence-corrected chi connectivity index (χ3v) is 10.4. The Morgan fingerprint density at radius 1 is 0.635 bits per heavy atom. The third kappa shape index (κ3) is 12.1. The molecule has 0 saturated carbocycles. The fourth-order valence-corrected chi connectivity index (χ4v) is 6.91. The number of nitrogens with zero attached hydrogens (tertiary/aromatic N) is 10. The van der Waals surface area contributed by atoms with Gasteiger partial charge in [0.25, 0.3) is 10.1 Å². The lowest BCUT2D eigenvalue weighted by atomic mass is 10.2. The van der Waals surface area contributed by atoms with Gasteiger partial charge in [-0.3, -0.25) is 4.55 Å². The topological polar surface area (TPSA) is 235 Å². The van der Waals surface area contributed by atoms with E-state index in [-0.39, 0.29) is 55.5 Å². The Labute approximate surface area is 363 Å².